The number of aryl methyl sites for hydroxylation is 2. The van der Waals surface area contributed by atoms with Crippen molar-refractivity contribution in [2.45, 2.75) is 60.3 Å². The summed E-state index contributed by atoms with van der Waals surface area (Å²) in [5.74, 6) is 0.0744. The summed E-state index contributed by atoms with van der Waals surface area (Å²) >= 11 is 0. The average Bonchev–Trinajstić information content (AvgIpc) is 2.86. The van der Waals surface area contributed by atoms with Crippen molar-refractivity contribution in [2.75, 3.05) is 0 Å². The van der Waals surface area contributed by atoms with E-state index in [1.165, 1.54) is 19.3 Å². The van der Waals surface area contributed by atoms with Crippen LogP contribution in [0, 0.1) is 61.3 Å². The van der Waals surface area contributed by atoms with Crippen molar-refractivity contribution >= 4 is 24.3 Å². The molecule has 2 heterocycles. The zero-order chi connectivity index (χ0) is 25.6. The summed E-state index contributed by atoms with van der Waals surface area (Å²) in [5, 5.41) is 16.1. The third kappa shape index (κ3) is 20.6. The molecule has 0 amide bonds. The molecule has 2 aromatic heterocycles. The van der Waals surface area contributed by atoms with Gasteiger partial charge in [-0.25, -0.2) is 24.7 Å². The maximum absolute atomic E-state index is 10.8. The SMILES string of the molecule is CCC#N.CCC(C=O)C=O.CCc1ncc(C(=O)O)cn1.CCc1ncc(C(C)=O)cn1.O.[Ac]. The number of carboxylic acid groups (broad SMARTS) is 1. The van der Waals surface area contributed by atoms with E-state index in [2.05, 4.69) is 19.9 Å². The Morgan fingerprint density at radius 3 is 1.43 bits per heavy atom. The van der Waals surface area contributed by atoms with Crippen molar-refractivity contribution in [3.8, 4) is 6.07 Å². The van der Waals surface area contributed by atoms with E-state index in [0.717, 1.165) is 18.7 Å². The van der Waals surface area contributed by atoms with Crippen LogP contribution in [0.15, 0.2) is 24.8 Å². The summed E-state index contributed by atoms with van der Waals surface area (Å²) in [7, 11) is 0. The Labute approximate surface area is 241 Å². The van der Waals surface area contributed by atoms with Gasteiger partial charge in [0.05, 0.1) is 23.1 Å². The third-order valence-electron chi connectivity index (χ3n) is 3.68. The van der Waals surface area contributed by atoms with Gasteiger partial charge in [-0.2, -0.15) is 5.26 Å². The monoisotopic (exact) mass is 702 g/mol. The van der Waals surface area contributed by atoms with Gasteiger partial charge in [-0.15, -0.1) is 0 Å². The first-order valence-corrected chi connectivity index (χ1v) is 10.4. The topological polar surface area (TPSA) is 195 Å². The molecule has 12 heteroatoms. The third-order valence-corrected chi connectivity index (χ3v) is 3.68. The molecular weight excluding hydrogens is 669 g/mol. The number of aldehydes is 2. The van der Waals surface area contributed by atoms with E-state index in [-0.39, 0.29) is 66.8 Å². The van der Waals surface area contributed by atoms with Crippen molar-refractivity contribution in [3.63, 3.8) is 0 Å². The van der Waals surface area contributed by atoms with Crippen molar-refractivity contribution in [3.05, 3.63) is 47.6 Å². The minimum absolute atomic E-state index is 0. The minimum atomic E-state index is -0.993. The predicted octanol–water partition coefficient (Wildman–Crippen LogP) is 2.48. The van der Waals surface area contributed by atoms with Crippen molar-refractivity contribution in [2.24, 2.45) is 5.92 Å². The zero-order valence-corrected chi connectivity index (χ0v) is 25.5. The second kappa shape index (κ2) is 26.1. The van der Waals surface area contributed by atoms with Crippen molar-refractivity contribution < 1.29 is 73.8 Å². The standard InChI is InChI=1S/C8H10N2O.C7H8N2O2.C5H8O2.C3H5N.Ac.H2O/c1-3-8-9-4-7(5-10-8)6(2)11;1-2-6-8-3-5(4-9-6)7(10)11;1-2-5(3-6)4-7;1-2-3-4;;/h4-5H,3H2,1-2H3;3-4H,2H2,1H3,(H,10,11);3-5H,2H2,1H3;2H2,1H3;;1H2. The molecule has 0 aromatic carbocycles. The minimum Gasteiger partial charge on any atom is -0.478 e. The van der Waals surface area contributed by atoms with Crippen LogP contribution < -0.4 is 0 Å². The normalized spacial score (nSPS) is 8.37. The first-order chi connectivity index (χ1) is 15.7. The number of hydrogen-bond donors (Lipinski definition) is 1. The van der Waals surface area contributed by atoms with Crippen molar-refractivity contribution in [1.82, 2.24) is 19.9 Å². The maximum Gasteiger partial charge on any atom is 0.338 e. The van der Waals surface area contributed by atoms with Gasteiger partial charge in [0.2, 0.25) is 0 Å². The smallest absolute Gasteiger partial charge is 0.338 e. The molecule has 0 aliphatic carbocycles. The first-order valence-electron chi connectivity index (χ1n) is 10.4. The Hall–Kier alpha value is -2.47. The van der Waals surface area contributed by atoms with Crippen LogP contribution in [-0.4, -0.2) is 54.8 Å². The second-order valence-electron chi connectivity index (χ2n) is 6.20. The molecule has 3 N–H and O–H groups in total. The molecule has 0 saturated heterocycles. The Morgan fingerprint density at radius 1 is 0.914 bits per heavy atom. The van der Waals surface area contributed by atoms with Gasteiger partial charge in [0.1, 0.15) is 24.2 Å². The Morgan fingerprint density at radius 2 is 1.26 bits per heavy atom. The summed E-state index contributed by atoms with van der Waals surface area (Å²) in [6.07, 6.45) is 9.84. The molecule has 0 fully saturated rings. The van der Waals surface area contributed by atoms with Gasteiger partial charge in [0, 0.05) is 88.1 Å². The number of aromatic nitrogens is 4. The molecule has 0 atom stereocenters. The molecule has 0 saturated carbocycles. The molecule has 189 valence electrons. The van der Waals surface area contributed by atoms with Gasteiger partial charge in [-0.05, 0) is 13.3 Å². The number of nitriles is 1. The molecule has 0 aliphatic rings. The number of hydrogen-bond acceptors (Lipinski definition) is 9. The van der Waals surface area contributed by atoms with Crippen LogP contribution in [0.4, 0.5) is 0 Å². The number of Topliss-reactive ketones (excluding diaryl/α,β-unsaturated/α-hetero) is 1. The summed E-state index contributed by atoms with van der Waals surface area (Å²) in [4.78, 5) is 56.2. The van der Waals surface area contributed by atoms with E-state index in [1.807, 2.05) is 26.8 Å². The van der Waals surface area contributed by atoms with Crippen LogP contribution in [0.25, 0.3) is 0 Å². The number of carbonyl (C=O) groups is 4. The molecule has 2 aromatic rings. The summed E-state index contributed by atoms with van der Waals surface area (Å²) < 4.78 is 0. The Kier molecular flexibility index (Phi) is 29.7. The van der Waals surface area contributed by atoms with Gasteiger partial charge in [-0.1, -0.05) is 27.7 Å². The van der Waals surface area contributed by atoms with E-state index in [9.17, 15) is 19.2 Å². The van der Waals surface area contributed by atoms with Gasteiger partial charge in [0.25, 0.3) is 0 Å². The average molecular weight is 703 g/mol. The molecule has 35 heavy (non-hydrogen) atoms. The van der Waals surface area contributed by atoms with Crippen LogP contribution in [0.3, 0.4) is 0 Å². The van der Waals surface area contributed by atoms with E-state index < -0.39 is 5.97 Å². The molecule has 0 aliphatic heterocycles. The molecule has 1 radical (unpaired) electrons. The van der Waals surface area contributed by atoms with E-state index in [1.54, 1.807) is 19.3 Å². The molecule has 2 rings (SSSR count). The van der Waals surface area contributed by atoms with Crippen molar-refractivity contribution in [1.29, 1.82) is 5.26 Å². The van der Waals surface area contributed by atoms with E-state index >= 15 is 0 Å². The molecular formula is C23H33AcN5O6. The number of nitrogens with zero attached hydrogens (tertiary/aromatic N) is 5. The van der Waals surface area contributed by atoms with Gasteiger partial charge in [0.15, 0.2) is 5.78 Å². The number of carboxylic acids is 1. The van der Waals surface area contributed by atoms with E-state index in [0.29, 0.717) is 36.8 Å². The molecule has 0 spiro atoms. The summed E-state index contributed by atoms with van der Waals surface area (Å²) in [5.41, 5.74) is 0.699. The van der Waals surface area contributed by atoms with Gasteiger partial charge >= 0.3 is 5.97 Å². The van der Waals surface area contributed by atoms with Gasteiger partial charge < -0.3 is 20.2 Å². The fraction of sp³-hybridized carbons (Fsp3) is 0.435. The number of aromatic carboxylic acids is 1. The number of rotatable bonds is 7. The van der Waals surface area contributed by atoms with Crippen LogP contribution in [-0.2, 0) is 22.4 Å². The molecule has 11 nitrogen and oxygen atoms in total. The largest absolute Gasteiger partial charge is 0.478 e. The van der Waals surface area contributed by atoms with Gasteiger partial charge in [-0.3, -0.25) is 4.79 Å². The maximum atomic E-state index is 10.8. The number of ketones is 1. The van der Waals surface area contributed by atoms with Crippen LogP contribution in [0.5, 0.6) is 0 Å². The van der Waals surface area contributed by atoms with Crippen LogP contribution in [0.2, 0.25) is 0 Å². The molecule has 0 unspecified atom stereocenters. The fourth-order valence-corrected chi connectivity index (χ4v) is 1.59. The second-order valence-corrected chi connectivity index (χ2v) is 6.20. The zero-order valence-electron chi connectivity index (χ0n) is 20.8. The first kappa shape index (κ1) is 39.7. The quantitative estimate of drug-likeness (QED) is 0.254. The van der Waals surface area contributed by atoms with Crippen LogP contribution in [0.1, 0.15) is 79.8 Å². The molecule has 0 bridgehead atoms. The summed E-state index contributed by atoms with van der Waals surface area (Å²) in [6, 6.07) is 1.93. The Balaban J connectivity index is -0.000000190. The van der Waals surface area contributed by atoms with Crippen LogP contribution >= 0.6 is 0 Å². The van der Waals surface area contributed by atoms with E-state index in [4.69, 9.17) is 10.4 Å². The summed E-state index contributed by atoms with van der Waals surface area (Å²) in [6.45, 7) is 9.01. The number of carbonyl (C=O) groups excluding carboxylic acids is 3. The Bertz CT molecular complexity index is 821. The predicted molar refractivity (Wildman–Crippen MR) is 125 cm³/mol. The fourth-order valence-electron chi connectivity index (χ4n) is 1.59.